The second-order valence-electron chi connectivity index (χ2n) is 5.27. The maximum absolute atomic E-state index is 6.13. The Morgan fingerprint density at radius 1 is 1.19 bits per heavy atom. The number of benzene rings is 1. The standard InChI is InChI=1S/C17H18ClN3/c1-11-10-13(6-7-14(11)18)17-15(8-9-19)21-12(2)4-3-5-16(21)20-17/h3-7,10H,8-9,19H2,1-2H3. The van der Waals surface area contributed by atoms with E-state index >= 15 is 0 Å². The van der Waals surface area contributed by atoms with Gasteiger partial charge in [0.15, 0.2) is 0 Å². The molecule has 3 nitrogen and oxygen atoms in total. The van der Waals surface area contributed by atoms with Gasteiger partial charge >= 0.3 is 0 Å². The first-order valence-electron chi connectivity index (χ1n) is 7.05. The van der Waals surface area contributed by atoms with Crippen molar-refractivity contribution < 1.29 is 0 Å². The number of fused-ring (bicyclic) bond motifs is 1. The van der Waals surface area contributed by atoms with Crippen molar-refractivity contribution in [1.29, 1.82) is 0 Å². The van der Waals surface area contributed by atoms with Crippen LogP contribution in [0.1, 0.15) is 17.0 Å². The van der Waals surface area contributed by atoms with Crippen LogP contribution in [-0.4, -0.2) is 15.9 Å². The molecule has 0 bridgehead atoms. The number of nitrogens with zero attached hydrogens (tertiary/aromatic N) is 2. The van der Waals surface area contributed by atoms with Crippen LogP contribution in [0.15, 0.2) is 36.4 Å². The second kappa shape index (κ2) is 5.51. The zero-order chi connectivity index (χ0) is 15.0. The number of imidazole rings is 1. The van der Waals surface area contributed by atoms with Gasteiger partial charge in [0.1, 0.15) is 5.65 Å². The third kappa shape index (κ3) is 2.43. The van der Waals surface area contributed by atoms with Gasteiger partial charge in [0.25, 0.3) is 0 Å². The Labute approximate surface area is 129 Å². The van der Waals surface area contributed by atoms with Crippen molar-refractivity contribution in [1.82, 2.24) is 9.38 Å². The summed E-state index contributed by atoms with van der Waals surface area (Å²) in [6.07, 6.45) is 0.795. The molecular formula is C17H18ClN3. The van der Waals surface area contributed by atoms with Crippen molar-refractivity contribution >= 4 is 17.2 Å². The van der Waals surface area contributed by atoms with Gasteiger partial charge in [0.05, 0.1) is 11.4 Å². The van der Waals surface area contributed by atoms with E-state index in [-0.39, 0.29) is 0 Å². The van der Waals surface area contributed by atoms with E-state index in [1.165, 1.54) is 5.69 Å². The van der Waals surface area contributed by atoms with E-state index in [4.69, 9.17) is 22.3 Å². The smallest absolute Gasteiger partial charge is 0.137 e. The fraction of sp³-hybridized carbons (Fsp3) is 0.235. The van der Waals surface area contributed by atoms with Gasteiger partial charge in [-0.3, -0.25) is 0 Å². The maximum Gasteiger partial charge on any atom is 0.137 e. The predicted octanol–water partition coefficient (Wildman–Crippen LogP) is 3.77. The first-order chi connectivity index (χ1) is 10.1. The fourth-order valence-electron chi connectivity index (χ4n) is 2.72. The fourth-order valence-corrected chi connectivity index (χ4v) is 2.83. The van der Waals surface area contributed by atoms with Crippen LogP contribution >= 0.6 is 11.6 Å². The minimum Gasteiger partial charge on any atom is -0.330 e. The van der Waals surface area contributed by atoms with Crippen molar-refractivity contribution in [2.24, 2.45) is 5.73 Å². The third-order valence-corrected chi connectivity index (χ3v) is 4.17. The lowest BCUT2D eigenvalue weighted by atomic mass is 10.1. The topological polar surface area (TPSA) is 43.3 Å². The molecule has 0 atom stereocenters. The molecule has 4 heteroatoms. The molecule has 0 fully saturated rings. The minimum absolute atomic E-state index is 0.599. The first kappa shape index (κ1) is 14.1. The number of pyridine rings is 1. The molecule has 21 heavy (non-hydrogen) atoms. The highest BCUT2D eigenvalue weighted by molar-refractivity contribution is 6.31. The molecule has 0 saturated carbocycles. The van der Waals surface area contributed by atoms with Gasteiger partial charge in [-0.05, 0) is 50.2 Å². The molecule has 0 saturated heterocycles. The lowest BCUT2D eigenvalue weighted by Gasteiger charge is -2.07. The van der Waals surface area contributed by atoms with Gasteiger partial charge in [-0.2, -0.15) is 0 Å². The molecule has 0 radical (unpaired) electrons. The van der Waals surface area contributed by atoms with Crippen molar-refractivity contribution in [3.63, 3.8) is 0 Å². The molecule has 3 rings (SSSR count). The Balaban J connectivity index is 2.28. The van der Waals surface area contributed by atoms with Crippen LogP contribution in [-0.2, 0) is 6.42 Å². The lowest BCUT2D eigenvalue weighted by molar-refractivity contribution is 0.891. The van der Waals surface area contributed by atoms with Crippen LogP contribution in [0.25, 0.3) is 16.9 Å². The van der Waals surface area contributed by atoms with E-state index in [2.05, 4.69) is 23.5 Å². The maximum atomic E-state index is 6.13. The van der Waals surface area contributed by atoms with Crippen LogP contribution in [0.3, 0.4) is 0 Å². The quantitative estimate of drug-likeness (QED) is 0.800. The van der Waals surface area contributed by atoms with E-state index in [0.29, 0.717) is 6.54 Å². The molecule has 0 unspecified atom stereocenters. The van der Waals surface area contributed by atoms with Crippen molar-refractivity contribution in [2.45, 2.75) is 20.3 Å². The second-order valence-corrected chi connectivity index (χ2v) is 5.68. The van der Waals surface area contributed by atoms with Gasteiger partial charge < -0.3 is 10.1 Å². The average molecular weight is 300 g/mol. The minimum atomic E-state index is 0.599. The van der Waals surface area contributed by atoms with E-state index in [9.17, 15) is 0 Å². The SMILES string of the molecule is Cc1cc(-c2nc3cccc(C)n3c2CCN)ccc1Cl. The number of aryl methyl sites for hydroxylation is 2. The first-order valence-corrected chi connectivity index (χ1v) is 7.43. The number of halogens is 1. The molecule has 2 aromatic heterocycles. The van der Waals surface area contributed by atoms with E-state index in [1.54, 1.807) is 0 Å². The highest BCUT2D eigenvalue weighted by atomic mass is 35.5. The summed E-state index contributed by atoms with van der Waals surface area (Å²) < 4.78 is 2.19. The Morgan fingerprint density at radius 3 is 2.71 bits per heavy atom. The lowest BCUT2D eigenvalue weighted by Crippen LogP contribution is -2.07. The molecule has 0 aliphatic carbocycles. The Morgan fingerprint density at radius 2 is 2.00 bits per heavy atom. The molecule has 0 aliphatic heterocycles. The summed E-state index contributed by atoms with van der Waals surface area (Å²) in [5.74, 6) is 0. The van der Waals surface area contributed by atoms with E-state index in [0.717, 1.165) is 39.6 Å². The molecule has 108 valence electrons. The number of rotatable bonds is 3. The molecule has 0 spiro atoms. The van der Waals surface area contributed by atoms with Gasteiger partial charge in [-0.25, -0.2) is 4.98 Å². The zero-order valence-corrected chi connectivity index (χ0v) is 13.0. The van der Waals surface area contributed by atoms with Gasteiger partial charge in [-0.1, -0.05) is 23.7 Å². The van der Waals surface area contributed by atoms with E-state index in [1.807, 2.05) is 31.2 Å². The van der Waals surface area contributed by atoms with Gasteiger partial charge in [0.2, 0.25) is 0 Å². The molecule has 2 N–H and O–H groups in total. The van der Waals surface area contributed by atoms with Crippen LogP contribution in [0.4, 0.5) is 0 Å². The average Bonchev–Trinajstić information content (AvgIpc) is 2.83. The molecule has 1 aromatic carbocycles. The molecule has 0 amide bonds. The van der Waals surface area contributed by atoms with Crippen LogP contribution in [0, 0.1) is 13.8 Å². The van der Waals surface area contributed by atoms with Crippen molar-refractivity contribution in [3.05, 3.63) is 58.4 Å². The number of hydrogen-bond donors (Lipinski definition) is 1. The summed E-state index contributed by atoms with van der Waals surface area (Å²) in [5.41, 5.74) is 12.2. The highest BCUT2D eigenvalue weighted by Gasteiger charge is 2.15. The highest BCUT2D eigenvalue weighted by Crippen LogP contribution is 2.28. The summed E-state index contributed by atoms with van der Waals surface area (Å²) >= 11 is 6.13. The monoisotopic (exact) mass is 299 g/mol. The Kier molecular flexibility index (Phi) is 3.70. The van der Waals surface area contributed by atoms with Crippen LogP contribution in [0.2, 0.25) is 5.02 Å². The largest absolute Gasteiger partial charge is 0.330 e. The predicted molar refractivity (Wildman–Crippen MR) is 87.9 cm³/mol. The van der Waals surface area contributed by atoms with Gasteiger partial charge in [-0.15, -0.1) is 0 Å². The Hall–Kier alpha value is -1.84. The number of nitrogens with two attached hydrogens (primary N) is 1. The summed E-state index contributed by atoms with van der Waals surface area (Å²) in [5, 5.41) is 0.777. The molecule has 2 heterocycles. The summed E-state index contributed by atoms with van der Waals surface area (Å²) in [6, 6.07) is 12.2. The molecule has 0 aliphatic rings. The molecular weight excluding hydrogens is 282 g/mol. The van der Waals surface area contributed by atoms with E-state index < -0.39 is 0 Å². The van der Waals surface area contributed by atoms with Crippen molar-refractivity contribution in [3.8, 4) is 11.3 Å². The van der Waals surface area contributed by atoms with Gasteiger partial charge in [0, 0.05) is 22.7 Å². The summed E-state index contributed by atoms with van der Waals surface area (Å²) in [4.78, 5) is 4.80. The number of hydrogen-bond acceptors (Lipinski definition) is 2. The van der Waals surface area contributed by atoms with Crippen LogP contribution < -0.4 is 5.73 Å². The normalized spacial score (nSPS) is 11.2. The zero-order valence-electron chi connectivity index (χ0n) is 12.2. The van der Waals surface area contributed by atoms with Crippen molar-refractivity contribution in [2.75, 3.05) is 6.54 Å². The summed E-state index contributed by atoms with van der Waals surface area (Å²) in [6.45, 7) is 4.70. The molecule has 3 aromatic rings. The Bertz CT molecular complexity index is 805. The van der Waals surface area contributed by atoms with Crippen LogP contribution in [0.5, 0.6) is 0 Å². The number of aromatic nitrogens is 2. The summed E-state index contributed by atoms with van der Waals surface area (Å²) in [7, 11) is 0. The third-order valence-electron chi connectivity index (χ3n) is 3.75.